The lowest BCUT2D eigenvalue weighted by atomic mass is 10.1. The second-order valence-corrected chi connectivity index (χ2v) is 5.24. The molecule has 106 valence electrons. The minimum Gasteiger partial charge on any atom is -0.478 e. The summed E-state index contributed by atoms with van der Waals surface area (Å²) >= 11 is 5.96. The maximum absolute atomic E-state index is 5.96. The van der Waals surface area contributed by atoms with Gasteiger partial charge in [0.15, 0.2) is 0 Å². The van der Waals surface area contributed by atoms with Gasteiger partial charge in [0.1, 0.15) is 11.0 Å². The SMILES string of the molecule is CC(C)c1nc(Cl)cc(OCCCc2ccncc2)n1. The Hall–Kier alpha value is -1.68. The summed E-state index contributed by atoms with van der Waals surface area (Å²) in [5.41, 5.74) is 1.26. The van der Waals surface area contributed by atoms with Gasteiger partial charge in [-0.05, 0) is 30.5 Å². The zero-order chi connectivity index (χ0) is 14.4. The van der Waals surface area contributed by atoms with Crippen LogP contribution in [0.2, 0.25) is 5.15 Å². The molecule has 0 N–H and O–H groups in total. The number of pyridine rings is 1. The normalized spacial score (nSPS) is 10.8. The van der Waals surface area contributed by atoms with E-state index in [9.17, 15) is 0 Å². The number of halogens is 1. The molecule has 0 atom stereocenters. The van der Waals surface area contributed by atoms with Crippen LogP contribution in [0.4, 0.5) is 0 Å². The minimum absolute atomic E-state index is 0.230. The number of aromatic nitrogens is 3. The Morgan fingerprint density at radius 2 is 1.95 bits per heavy atom. The fourth-order valence-electron chi connectivity index (χ4n) is 1.75. The first-order valence-corrected chi connectivity index (χ1v) is 7.09. The maximum Gasteiger partial charge on any atom is 0.218 e. The Labute approximate surface area is 124 Å². The van der Waals surface area contributed by atoms with Gasteiger partial charge >= 0.3 is 0 Å². The van der Waals surface area contributed by atoms with E-state index in [4.69, 9.17) is 16.3 Å². The van der Waals surface area contributed by atoms with Gasteiger partial charge in [0.05, 0.1) is 6.61 Å². The smallest absolute Gasteiger partial charge is 0.218 e. The molecular weight excluding hydrogens is 274 g/mol. The van der Waals surface area contributed by atoms with Gasteiger partial charge in [-0.3, -0.25) is 4.98 Å². The van der Waals surface area contributed by atoms with Crippen molar-refractivity contribution in [1.82, 2.24) is 15.0 Å². The molecule has 0 fully saturated rings. The molecule has 0 saturated heterocycles. The Morgan fingerprint density at radius 3 is 2.65 bits per heavy atom. The lowest BCUT2D eigenvalue weighted by Crippen LogP contribution is -2.04. The van der Waals surface area contributed by atoms with E-state index in [1.54, 1.807) is 18.5 Å². The van der Waals surface area contributed by atoms with Crippen molar-refractivity contribution in [1.29, 1.82) is 0 Å². The number of rotatable bonds is 6. The highest BCUT2D eigenvalue weighted by Crippen LogP contribution is 2.18. The van der Waals surface area contributed by atoms with Gasteiger partial charge in [-0.1, -0.05) is 25.4 Å². The Bertz CT molecular complexity index is 546. The Kier molecular flexibility index (Phi) is 5.30. The number of aryl methyl sites for hydroxylation is 1. The summed E-state index contributed by atoms with van der Waals surface area (Å²) in [5, 5.41) is 0.424. The average Bonchev–Trinajstić information content (AvgIpc) is 2.44. The topological polar surface area (TPSA) is 47.9 Å². The number of hydrogen-bond donors (Lipinski definition) is 0. The van der Waals surface area contributed by atoms with Crippen LogP contribution in [0, 0.1) is 0 Å². The van der Waals surface area contributed by atoms with Crippen molar-refractivity contribution in [2.24, 2.45) is 0 Å². The second-order valence-electron chi connectivity index (χ2n) is 4.85. The molecule has 2 heterocycles. The molecule has 0 unspecified atom stereocenters. The summed E-state index contributed by atoms with van der Waals surface area (Å²) in [6.07, 6.45) is 5.48. The van der Waals surface area contributed by atoms with Crippen LogP contribution in [0.5, 0.6) is 5.88 Å². The Balaban J connectivity index is 1.85. The highest BCUT2D eigenvalue weighted by molar-refractivity contribution is 6.29. The third-order valence-electron chi connectivity index (χ3n) is 2.81. The summed E-state index contributed by atoms with van der Waals surface area (Å²) in [4.78, 5) is 12.5. The van der Waals surface area contributed by atoms with Gasteiger partial charge in [-0.2, -0.15) is 4.98 Å². The molecule has 0 amide bonds. The molecule has 2 aromatic heterocycles. The van der Waals surface area contributed by atoms with E-state index in [-0.39, 0.29) is 5.92 Å². The van der Waals surface area contributed by atoms with Crippen LogP contribution < -0.4 is 4.74 Å². The molecule has 0 radical (unpaired) electrons. The third-order valence-corrected chi connectivity index (χ3v) is 3.01. The summed E-state index contributed by atoms with van der Waals surface area (Å²) in [5.74, 6) is 1.48. The van der Waals surface area contributed by atoms with Crippen LogP contribution >= 0.6 is 11.6 Å². The fourth-order valence-corrected chi connectivity index (χ4v) is 1.93. The van der Waals surface area contributed by atoms with Gasteiger partial charge in [0.25, 0.3) is 0 Å². The van der Waals surface area contributed by atoms with E-state index in [2.05, 4.69) is 15.0 Å². The molecule has 0 bridgehead atoms. The van der Waals surface area contributed by atoms with Crippen molar-refractivity contribution in [3.05, 3.63) is 47.1 Å². The summed E-state index contributed by atoms with van der Waals surface area (Å²) in [6, 6.07) is 5.68. The van der Waals surface area contributed by atoms with Crippen molar-refractivity contribution in [3.8, 4) is 5.88 Å². The van der Waals surface area contributed by atoms with E-state index >= 15 is 0 Å². The average molecular weight is 292 g/mol. The van der Waals surface area contributed by atoms with E-state index in [0.29, 0.717) is 23.5 Å². The Morgan fingerprint density at radius 1 is 1.20 bits per heavy atom. The van der Waals surface area contributed by atoms with Crippen LogP contribution in [0.3, 0.4) is 0 Å². The van der Waals surface area contributed by atoms with Gasteiger partial charge < -0.3 is 4.74 Å². The lowest BCUT2D eigenvalue weighted by molar-refractivity contribution is 0.297. The summed E-state index contributed by atoms with van der Waals surface area (Å²) in [6.45, 7) is 4.66. The first-order valence-electron chi connectivity index (χ1n) is 6.71. The fraction of sp³-hybridized carbons (Fsp3) is 0.400. The number of ether oxygens (including phenoxy) is 1. The predicted molar refractivity (Wildman–Crippen MR) is 79.2 cm³/mol. The first-order chi connectivity index (χ1) is 9.65. The van der Waals surface area contributed by atoms with Gasteiger partial charge in [0, 0.05) is 24.4 Å². The zero-order valence-corrected chi connectivity index (χ0v) is 12.5. The van der Waals surface area contributed by atoms with Gasteiger partial charge in [-0.25, -0.2) is 4.98 Å². The first kappa shape index (κ1) is 14.7. The molecule has 2 rings (SSSR count). The van der Waals surface area contributed by atoms with Crippen molar-refractivity contribution in [2.45, 2.75) is 32.6 Å². The molecule has 0 aliphatic heterocycles. The van der Waals surface area contributed by atoms with Crippen molar-refractivity contribution >= 4 is 11.6 Å². The number of nitrogens with zero attached hydrogens (tertiary/aromatic N) is 3. The van der Waals surface area contributed by atoms with Gasteiger partial charge in [0.2, 0.25) is 5.88 Å². The van der Waals surface area contributed by atoms with E-state index in [0.717, 1.165) is 12.8 Å². The molecule has 4 nitrogen and oxygen atoms in total. The van der Waals surface area contributed by atoms with Crippen LogP contribution in [0.15, 0.2) is 30.6 Å². The van der Waals surface area contributed by atoms with E-state index in [1.807, 2.05) is 26.0 Å². The van der Waals surface area contributed by atoms with E-state index in [1.165, 1.54) is 5.56 Å². The molecule has 0 aliphatic carbocycles. The monoisotopic (exact) mass is 291 g/mol. The lowest BCUT2D eigenvalue weighted by Gasteiger charge is -2.09. The molecule has 0 spiro atoms. The molecule has 5 heteroatoms. The predicted octanol–water partition coefficient (Wildman–Crippen LogP) is 3.66. The van der Waals surface area contributed by atoms with Crippen molar-refractivity contribution in [3.63, 3.8) is 0 Å². The van der Waals surface area contributed by atoms with Crippen molar-refractivity contribution < 1.29 is 4.74 Å². The van der Waals surface area contributed by atoms with Crippen LogP contribution in [-0.4, -0.2) is 21.6 Å². The minimum atomic E-state index is 0.230. The number of hydrogen-bond acceptors (Lipinski definition) is 4. The van der Waals surface area contributed by atoms with Crippen LogP contribution in [0.1, 0.15) is 37.6 Å². The quantitative estimate of drug-likeness (QED) is 0.602. The molecule has 0 saturated carbocycles. The summed E-state index contributed by atoms with van der Waals surface area (Å²) < 4.78 is 5.65. The van der Waals surface area contributed by atoms with Crippen LogP contribution in [-0.2, 0) is 6.42 Å². The molecule has 20 heavy (non-hydrogen) atoms. The van der Waals surface area contributed by atoms with Crippen LogP contribution in [0.25, 0.3) is 0 Å². The highest BCUT2D eigenvalue weighted by atomic mass is 35.5. The van der Waals surface area contributed by atoms with Crippen molar-refractivity contribution in [2.75, 3.05) is 6.61 Å². The zero-order valence-electron chi connectivity index (χ0n) is 11.7. The summed E-state index contributed by atoms with van der Waals surface area (Å²) in [7, 11) is 0. The second kappa shape index (κ2) is 7.20. The highest BCUT2D eigenvalue weighted by Gasteiger charge is 2.07. The standard InChI is InChI=1S/C15H18ClN3O/c1-11(2)15-18-13(16)10-14(19-15)20-9-3-4-12-5-7-17-8-6-12/h5-8,10-11H,3-4,9H2,1-2H3. The molecule has 2 aromatic rings. The van der Waals surface area contributed by atoms with E-state index < -0.39 is 0 Å². The largest absolute Gasteiger partial charge is 0.478 e. The molecular formula is C15H18ClN3O. The third kappa shape index (κ3) is 4.46. The maximum atomic E-state index is 5.96. The molecule has 0 aromatic carbocycles. The van der Waals surface area contributed by atoms with Gasteiger partial charge in [-0.15, -0.1) is 0 Å². The molecule has 0 aliphatic rings.